The molecule has 21 heavy (non-hydrogen) atoms. The molecule has 1 aromatic carbocycles. The highest BCUT2D eigenvalue weighted by atomic mass is 19.1. The lowest BCUT2D eigenvalue weighted by atomic mass is 9.95. The number of carboxylic acids is 2. The van der Waals surface area contributed by atoms with Crippen molar-refractivity contribution in [2.45, 2.75) is 19.3 Å². The average molecular weight is 295 g/mol. The first kappa shape index (κ1) is 15.0. The Bertz CT molecular complexity index is 601. The zero-order chi connectivity index (χ0) is 15.6. The summed E-state index contributed by atoms with van der Waals surface area (Å²) in [5.74, 6) is -5.22. The number of anilines is 1. The first-order valence-electron chi connectivity index (χ1n) is 6.46. The second-order valence-electron chi connectivity index (χ2n) is 4.97. The Hall–Kier alpha value is -2.44. The molecule has 0 unspecified atom stereocenters. The predicted octanol–water partition coefficient (Wildman–Crippen LogP) is 1.96. The molecule has 0 aromatic heterocycles. The third-order valence-electron chi connectivity index (χ3n) is 3.63. The van der Waals surface area contributed by atoms with E-state index in [0.29, 0.717) is 19.3 Å². The van der Waals surface area contributed by atoms with Crippen LogP contribution in [0.3, 0.4) is 0 Å². The molecule has 3 N–H and O–H groups in total. The van der Waals surface area contributed by atoms with Gasteiger partial charge in [-0.1, -0.05) is 6.42 Å². The molecule has 2 atom stereocenters. The Morgan fingerprint density at radius 1 is 1.14 bits per heavy atom. The van der Waals surface area contributed by atoms with Gasteiger partial charge in [0.15, 0.2) is 0 Å². The number of carbonyl (C=O) groups excluding carboxylic acids is 1. The van der Waals surface area contributed by atoms with Crippen LogP contribution in [-0.2, 0) is 9.59 Å². The summed E-state index contributed by atoms with van der Waals surface area (Å²) >= 11 is 0. The second kappa shape index (κ2) is 5.90. The summed E-state index contributed by atoms with van der Waals surface area (Å²) in [7, 11) is 0. The SMILES string of the molecule is O=C(O)c1cc(NC(=O)[C@@H]2CCC[C@@H]2C(=O)O)ccc1F. The molecule has 1 aromatic rings. The lowest BCUT2D eigenvalue weighted by Gasteiger charge is -2.15. The molecular weight excluding hydrogens is 281 g/mol. The van der Waals surface area contributed by atoms with Crippen LogP contribution in [0.2, 0.25) is 0 Å². The summed E-state index contributed by atoms with van der Waals surface area (Å²) in [6.45, 7) is 0. The van der Waals surface area contributed by atoms with Crippen LogP contribution >= 0.6 is 0 Å². The molecule has 1 aliphatic carbocycles. The Morgan fingerprint density at radius 3 is 2.43 bits per heavy atom. The fourth-order valence-corrected chi connectivity index (χ4v) is 2.57. The van der Waals surface area contributed by atoms with E-state index in [-0.39, 0.29) is 5.69 Å². The number of hydrogen-bond donors (Lipinski definition) is 3. The van der Waals surface area contributed by atoms with Crippen LogP contribution in [0.25, 0.3) is 0 Å². The van der Waals surface area contributed by atoms with Crippen molar-refractivity contribution in [2.75, 3.05) is 5.32 Å². The van der Waals surface area contributed by atoms with E-state index in [1.54, 1.807) is 0 Å². The number of carbonyl (C=O) groups is 3. The van der Waals surface area contributed by atoms with E-state index in [1.165, 1.54) is 6.07 Å². The van der Waals surface area contributed by atoms with Crippen molar-refractivity contribution in [2.24, 2.45) is 11.8 Å². The molecular formula is C14H14FNO5. The van der Waals surface area contributed by atoms with Gasteiger partial charge in [0.25, 0.3) is 0 Å². The summed E-state index contributed by atoms with van der Waals surface area (Å²) in [5, 5.41) is 20.3. The smallest absolute Gasteiger partial charge is 0.338 e. The first-order valence-corrected chi connectivity index (χ1v) is 6.46. The highest BCUT2D eigenvalue weighted by molar-refractivity contribution is 5.97. The lowest BCUT2D eigenvalue weighted by molar-refractivity contribution is -0.145. The number of aliphatic carboxylic acids is 1. The average Bonchev–Trinajstić information content (AvgIpc) is 2.90. The van der Waals surface area contributed by atoms with Gasteiger partial charge in [0, 0.05) is 5.69 Å². The number of carboxylic acid groups (broad SMARTS) is 2. The Morgan fingerprint density at radius 2 is 1.81 bits per heavy atom. The van der Waals surface area contributed by atoms with E-state index in [2.05, 4.69) is 5.32 Å². The van der Waals surface area contributed by atoms with Crippen LogP contribution < -0.4 is 5.32 Å². The van der Waals surface area contributed by atoms with E-state index in [9.17, 15) is 18.8 Å². The molecule has 0 aliphatic heterocycles. The number of aromatic carboxylic acids is 1. The van der Waals surface area contributed by atoms with Crippen molar-refractivity contribution < 1.29 is 29.0 Å². The van der Waals surface area contributed by atoms with Gasteiger partial charge in [-0.3, -0.25) is 9.59 Å². The van der Waals surface area contributed by atoms with Gasteiger partial charge in [-0.2, -0.15) is 0 Å². The maximum absolute atomic E-state index is 13.3. The highest BCUT2D eigenvalue weighted by Gasteiger charge is 2.37. The number of rotatable bonds is 4. The maximum atomic E-state index is 13.3. The van der Waals surface area contributed by atoms with E-state index < -0.39 is 41.1 Å². The molecule has 2 rings (SSSR count). The van der Waals surface area contributed by atoms with Gasteiger partial charge in [-0.25, -0.2) is 9.18 Å². The van der Waals surface area contributed by atoms with E-state index >= 15 is 0 Å². The molecule has 0 radical (unpaired) electrons. The van der Waals surface area contributed by atoms with E-state index in [0.717, 1.165) is 12.1 Å². The maximum Gasteiger partial charge on any atom is 0.338 e. The molecule has 112 valence electrons. The van der Waals surface area contributed by atoms with Gasteiger partial charge in [0.1, 0.15) is 5.82 Å². The van der Waals surface area contributed by atoms with Gasteiger partial charge in [-0.15, -0.1) is 0 Å². The minimum atomic E-state index is -1.44. The van der Waals surface area contributed by atoms with Crippen molar-refractivity contribution in [3.05, 3.63) is 29.6 Å². The molecule has 0 heterocycles. The molecule has 6 nitrogen and oxygen atoms in total. The van der Waals surface area contributed by atoms with Crippen LogP contribution in [0.5, 0.6) is 0 Å². The van der Waals surface area contributed by atoms with Crippen LogP contribution in [0, 0.1) is 17.7 Å². The monoisotopic (exact) mass is 295 g/mol. The third kappa shape index (κ3) is 3.18. The van der Waals surface area contributed by atoms with Crippen molar-refractivity contribution in [3.63, 3.8) is 0 Å². The zero-order valence-electron chi connectivity index (χ0n) is 11.0. The van der Waals surface area contributed by atoms with E-state index in [4.69, 9.17) is 10.2 Å². The van der Waals surface area contributed by atoms with Gasteiger partial charge >= 0.3 is 11.9 Å². The first-order chi connectivity index (χ1) is 9.90. The fourth-order valence-electron chi connectivity index (χ4n) is 2.57. The van der Waals surface area contributed by atoms with Crippen molar-refractivity contribution in [3.8, 4) is 0 Å². The largest absolute Gasteiger partial charge is 0.481 e. The van der Waals surface area contributed by atoms with Crippen LogP contribution in [0.1, 0.15) is 29.6 Å². The molecule has 1 fully saturated rings. The predicted molar refractivity (Wildman–Crippen MR) is 70.5 cm³/mol. The zero-order valence-corrected chi connectivity index (χ0v) is 11.0. The normalized spacial score (nSPS) is 21.0. The van der Waals surface area contributed by atoms with Crippen molar-refractivity contribution in [1.29, 1.82) is 0 Å². The summed E-state index contributed by atoms with van der Waals surface area (Å²) in [6.07, 6.45) is 1.56. The standard InChI is InChI=1S/C14H14FNO5/c15-11-5-4-7(6-10(11)14(20)21)16-12(17)8-2-1-3-9(8)13(18)19/h4-6,8-9H,1-3H2,(H,16,17)(H,18,19)(H,20,21)/t8-,9+/m1/s1. The summed E-state index contributed by atoms with van der Waals surface area (Å²) in [5.41, 5.74) is -0.413. The topological polar surface area (TPSA) is 104 Å². The van der Waals surface area contributed by atoms with Gasteiger partial charge in [-0.05, 0) is 31.0 Å². The highest BCUT2D eigenvalue weighted by Crippen LogP contribution is 2.33. The van der Waals surface area contributed by atoms with Crippen LogP contribution in [-0.4, -0.2) is 28.1 Å². The fraction of sp³-hybridized carbons (Fsp3) is 0.357. The molecule has 1 aliphatic rings. The second-order valence-corrected chi connectivity index (χ2v) is 4.97. The van der Waals surface area contributed by atoms with Crippen molar-refractivity contribution >= 4 is 23.5 Å². The number of amides is 1. The van der Waals surface area contributed by atoms with Gasteiger partial charge < -0.3 is 15.5 Å². The summed E-state index contributed by atoms with van der Waals surface area (Å²) < 4.78 is 13.3. The molecule has 0 bridgehead atoms. The quantitative estimate of drug-likeness (QED) is 0.787. The Balaban J connectivity index is 2.14. The van der Waals surface area contributed by atoms with Gasteiger partial charge in [0.2, 0.25) is 5.91 Å². The number of benzene rings is 1. The Labute approximate surface area is 119 Å². The third-order valence-corrected chi connectivity index (χ3v) is 3.63. The summed E-state index contributed by atoms with van der Waals surface area (Å²) in [6, 6.07) is 3.20. The van der Waals surface area contributed by atoms with E-state index in [1.807, 2.05) is 0 Å². The summed E-state index contributed by atoms with van der Waals surface area (Å²) in [4.78, 5) is 34.0. The van der Waals surface area contributed by atoms with Crippen LogP contribution in [0.15, 0.2) is 18.2 Å². The number of hydrogen-bond acceptors (Lipinski definition) is 3. The molecule has 7 heteroatoms. The minimum absolute atomic E-state index is 0.134. The van der Waals surface area contributed by atoms with Gasteiger partial charge in [0.05, 0.1) is 17.4 Å². The Kier molecular flexibility index (Phi) is 4.21. The minimum Gasteiger partial charge on any atom is -0.481 e. The number of halogens is 1. The molecule has 1 saturated carbocycles. The number of nitrogens with one attached hydrogen (secondary N) is 1. The molecule has 0 spiro atoms. The van der Waals surface area contributed by atoms with Crippen molar-refractivity contribution in [1.82, 2.24) is 0 Å². The molecule has 0 saturated heterocycles. The lowest BCUT2D eigenvalue weighted by Crippen LogP contribution is -2.30. The van der Waals surface area contributed by atoms with Crippen LogP contribution in [0.4, 0.5) is 10.1 Å². The molecule has 1 amide bonds.